The van der Waals surface area contributed by atoms with Crippen molar-refractivity contribution in [2.45, 2.75) is 19.9 Å². The van der Waals surface area contributed by atoms with Crippen LogP contribution in [0.25, 0.3) is 11.1 Å². The lowest BCUT2D eigenvalue weighted by molar-refractivity contribution is -0.137. The molecule has 0 bridgehead atoms. The molecule has 216 valence electrons. The number of benzene rings is 3. The maximum atomic E-state index is 15.4. The minimum absolute atomic E-state index is 0.0935. The van der Waals surface area contributed by atoms with Crippen molar-refractivity contribution in [1.82, 2.24) is 14.8 Å². The SMILES string of the molecule is CCN(CC)C(=O)[C@H](c1ccccc1)N1CCN(c2ccc(NC(=O)c3ccccc3-c3cccnc3)cc2F)CC1. The number of carbonyl (C=O) groups is 2. The molecule has 0 radical (unpaired) electrons. The fourth-order valence-corrected chi connectivity index (χ4v) is 5.57. The largest absolute Gasteiger partial charge is 0.367 e. The second-order valence-electron chi connectivity index (χ2n) is 10.3. The highest BCUT2D eigenvalue weighted by atomic mass is 19.1. The fraction of sp³-hybridized carbons (Fsp3) is 0.265. The molecule has 0 spiro atoms. The number of hydrogen-bond donors (Lipinski definition) is 1. The van der Waals surface area contributed by atoms with Gasteiger partial charge in [0.15, 0.2) is 0 Å². The Kier molecular flexibility index (Phi) is 9.24. The van der Waals surface area contributed by atoms with Crippen LogP contribution in [0.1, 0.15) is 35.8 Å². The van der Waals surface area contributed by atoms with Gasteiger partial charge < -0.3 is 15.1 Å². The van der Waals surface area contributed by atoms with E-state index in [0.717, 1.165) is 16.7 Å². The lowest BCUT2D eigenvalue weighted by Crippen LogP contribution is -2.51. The van der Waals surface area contributed by atoms with Crippen LogP contribution in [-0.4, -0.2) is 65.9 Å². The molecule has 4 aromatic rings. The summed E-state index contributed by atoms with van der Waals surface area (Å²) in [5.74, 6) is -0.628. The van der Waals surface area contributed by atoms with E-state index in [0.29, 0.717) is 56.2 Å². The number of anilines is 2. The predicted octanol–water partition coefficient (Wildman–Crippen LogP) is 5.87. The molecule has 8 heteroatoms. The minimum Gasteiger partial charge on any atom is -0.367 e. The summed E-state index contributed by atoms with van der Waals surface area (Å²) < 4.78 is 15.4. The number of halogens is 1. The van der Waals surface area contributed by atoms with Gasteiger partial charge in [0.1, 0.15) is 11.9 Å². The van der Waals surface area contributed by atoms with E-state index in [-0.39, 0.29) is 17.9 Å². The monoisotopic (exact) mass is 565 g/mol. The molecule has 7 nitrogen and oxygen atoms in total. The molecule has 2 amide bonds. The van der Waals surface area contributed by atoms with Gasteiger partial charge in [0.25, 0.3) is 5.91 Å². The number of nitrogens with zero attached hydrogens (tertiary/aromatic N) is 4. The lowest BCUT2D eigenvalue weighted by Gasteiger charge is -2.41. The molecule has 5 rings (SSSR count). The van der Waals surface area contributed by atoms with Crippen LogP contribution in [0.2, 0.25) is 0 Å². The van der Waals surface area contributed by atoms with Gasteiger partial charge in [-0.3, -0.25) is 19.5 Å². The maximum absolute atomic E-state index is 15.4. The number of rotatable bonds is 9. The van der Waals surface area contributed by atoms with E-state index in [9.17, 15) is 9.59 Å². The van der Waals surface area contributed by atoms with Crippen molar-refractivity contribution in [3.8, 4) is 11.1 Å². The summed E-state index contributed by atoms with van der Waals surface area (Å²) in [5.41, 5.74) is 3.91. The van der Waals surface area contributed by atoms with Crippen LogP contribution < -0.4 is 10.2 Å². The zero-order valence-electron chi connectivity index (χ0n) is 24.0. The van der Waals surface area contributed by atoms with Crippen molar-refractivity contribution in [3.05, 3.63) is 114 Å². The molecule has 1 aliphatic heterocycles. The highest BCUT2D eigenvalue weighted by Crippen LogP contribution is 2.29. The molecular formula is C34H36FN5O2. The molecule has 3 aromatic carbocycles. The summed E-state index contributed by atoms with van der Waals surface area (Å²) >= 11 is 0. The summed E-state index contributed by atoms with van der Waals surface area (Å²) in [4.78, 5) is 36.9. The normalized spacial score (nSPS) is 14.3. The van der Waals surface area contributed by atoms with Gasteiger partial charge in [-0.1, -0.05) is 54.6 Å². The Balaban J connectivity index is 1.27. The molecular weight excluding hydrogens is 529 g/mol. The number of likely N-dealkylation sites (N-methyl/N-ethyl adjacent to an activating group) is 1. The predicted molar refractivity (Wildman–Crippen MR) is 165 cm³/mol. The number of piperazine rings is 1. The van der Waals surface area contributed by atoms with Crippen LogP contribution in [0.5, 0.6) is 0 Å². The Morgan fingerprint density at radius 1 is 0.905 bits per heavy atom. The Labute approximate surface area is 246 Å². The minimum atomic E-state index is -0.402. The van der Waals surface area contributed by atoms with E-state index in [1.807, 2.05) is 78.2 Å². The number of aromatic nitrogens is 1. The Morgan fingerprint density at radius 2 is 1.62 bits per heavy atom. The van der Waals surface area contributed by atoms with Crippen molar-refractivity contribution in [3.63, 3.8) is 0 Å². The van der Waals surface area contributed by atoms with Gasteiger partial charge in [-0.05, 0) is 55.3 Å². The molecule has 42 heavy (non-hydrogen) atoms. The molecule has 1 fully saturated rings. The molecule has 0 unspecified atom stereocenters. The summed E-state index contributed by atoms with van der Waals surface area (Å²) in [7, 11) is 0. The van der Waals surface area contributed by atoms with Crippen LogP contribution in [0, 0.1) is 5.82 Å². The quantitative estimate of drug-likeness (QED) is 0.275. The van der Waals surface area contributed by atoms with Gasteiger partial charge >= 0.3 is 0 Å². The first-order chi connectivity index (χ1) is 20.5. The van der Waals surface area contributed by atoms with E-state index in [2.05, 4.69) is 15.2 Å². The second-order valence-corrected chi connectivity index (χ2v) is 10.3. The highest BCUT2D eigenvalue weighted by Gasteiger charge is 2.33. The third kappa shape index (κ3) is 6.34. The lowest BCUT2D eigenvalue weighted by atomic mass is 10.0. The van der Waals surface area contributed by atoms with Gasteiger partial charge in [-0.25, -0.2) is 4.39 Å². The van der Waals surface area contributed by atoms with Crippen molar-refractivity contribution in [2.24, 2.45) is 0 Å². The molecule has 1 atom stereocenters. The van der Waals surface area contributed by atoms with Crippen LogP contribution in [0.4, 0.5) is 15.8 Å². The number of carbonyl (C=O) groups excluding carboxylic acids is 2. The van der Waals surface area contributed by atoms with Gasteiger partial charge in [0, 0.05) is 68.5 Å². The third-order valence-electron chi connectivity index (χ3n) is 7.79. The molecule has 1 aliphatic rings. The van der Waals surface area contributed by atoms with Crippen LogP contribution >= 0.6 is 0 Å². The zero-order chi connectivity index (χ0) is 29.5. The second kappa shape index (κ2) is 13.4. The first kappa shape index (κ1) is 29.0. The van der Waals surface area contributed by atoms with E-state index in [1.165, 1.54) is 6.07 Å². The summed E-state index contributed by atoms with van der Waals surface area (Å²) in [6, 6.07) is 25.3. The van der Waals surface area contributed by atoms with Crippen LogP contribution in [0.3, 0.4) is 0 Å². The standard InChI is InChI=1S/C34H36FN5O2/c1-3-38(4-2)34(42)32(25-11-6-5-7-12-25)40-21-19-39(20-22-40)31-17-16-27(23-30(31)35)37-33(41)29-15-9-8-14-28(29)26-13-10-18-36-24-26/h5-18,23-24,32H,3-4,19-22H2,1-2H3,(H,37,41)/t32-/m0/s1. The van der Waals surface area contributed by atoms with Gasteiger partial charge in [0.05, 0.1) is 5.69 Å². The molecule has 2 heterocycles. The summed E-state index contributed by atoms with van der Waals surface area (Å²) in [6.07, 6.45) is 3.39. The Bertz CT molecular complexity index is 1500. The Hall–Kier alpha value is -4.56. The summed E-state index contributed by atoms with van der Waals surface area (Å²) in [5, 5.41) is 2.85. The Morgan fingerprint density at radius 3 is 2.29 bits per heavy atom. The number of amides is 2. The third-order valence-corrected chi connectivity index (χ3v) is 7.79. The molecule has 0 saturated carbocycles. The van der Waals surface area contributed by atoms with Crippen molar-refractivity contribution < 1.29 is 14.0 Å². The number of pyridine rings is 1. The highest BCUT2D eigenvalue weighted by molar-refractivity contribution is 6.08. The van der Waals surface area contributed by atoms with Crippen LogP contribution in [0.15, 0.2) is 97.3 Å². The van der Waals surface area contributed by atoms with Crippen LogP contribution in [-0.2, 0) is 4.79 Å². The van der Waals surface area contributed by atoms with Crippen molar-refractivity contribution >= 4 is 23.2 Å². The molecule has 1 aromatic heterocycles. The first-order valence-electron chi connectivity index (χ1n) is 14.4. The number of hydrogen-bond acceptors (Lipinski definition) is 5. The van der Waals surface area contributed by atoms with Gasteiger partial charge in [-0.2, -0.15) is 0 Å². The first-order valence-corrected chi connectivity index (χ1v) is 14.4. The van der Waals surface area contributed by atoms with E-state index < -0.39 is 5.82 Å². The maximum Gasteiger partial charge on any atom is 0.256 e. The smallest absolute Gasteiger partial charge is 0.256 e. The van der Waals surface area contributed by atoms with Crippen molar-refractivity contribution in [1.29, 1.82) is 0 Å². The fourth-order valence-electron chi connectivity index (χ4n) is 5.57. The van der Waals surface area contributed by atoms with Gasteiger partial charge in [0.2, 0.25) is 5.91 Å². The zero-order valence-corrected chi connectivity index (χ0v) is 24.0. The van der Waals surface area contributed by atoms with E-state index in [1.54, 1.807) is 36.7 Å². The van der Waals surface area contributed by atoms with Crippen molar-refractivity contribution in [2.75, 3.05) is 49.5 Å². The average molecular weight is 566 g/mol. The topological polar surface area (TPSA) is 68.8 Å². The van der Waals surface area contributed by atoms with Gasteiger partial charge in [-0.15, -0.1) is 0 Å². The van der Waals surface area contributed by atoms with E-state index in [4.69, 9.17) is 0 Å². The number of nitrogens with one attached hydrogen (secondary N) is 1. The van der Waals surface area contributed by atoms with E-state index >= 15 is 4.39 Å². The average Bonchev–Trinajstić information content (AvgIpc) is 3.03. The molecule has 1 saturated heterocycles. The summed E-state index contributed by atoms with van der Waals surface area (Å²) in [6.45, 7) is 7.70. The molecule has 0 aliphatic carbocycles. The molecule has 1 N–H and O–H groups in total.